The molecule has 2 aromatic rings. The first-order valence-electron chi connectivity index (χ1n) is 6.75. The molecule has 4 N–H and O–H groups in total. The molecule has 1 aliphatic rings. The highest BCUT2D eigenvalue weighted by atomic mass is 16.2. The van der Waals surface area contributed by atoms with E-state index in [1.54, 1.807) is 0 Å². The minimum absolute atomic E-state index is 0.112. The van der Waals surface area contributed by atoms with E-state index in [-0.39, 0.29) is 17.9 Å². The molecule has 3 rings (SSSR count). The van der Waals surface area contributed by atoms with Crippen LogP contribution in [0.15, 0.2) is 17.2 Å². The molecule has 7 heteroatoms. The fraction of sp³-hybridized carbons (Fsp3) is 0.462. The molecular weight excluding hydrogens is 258 g/mol. The smallest absolute Gasteiger partial charge is 0.267 e. The molecule has 106 valence electrons. The van der Waals surface area contributed by atoms with Crippen LogP contribution in [0, 0.1) is 5.92 Å². The van der Waals surface area contributed by atoms with Crippen LogP contribution in [0.5, 0.6) is 0 Å². The molecule has 1 aliphatic carbocycles. The van der Waals surface area contributed by atoms with E-state index in [0.717, 1.165) is 19.3 Å². The summed E-state index contributed by atoms with van der Waals surface area (Å²) in [6.45, 7) is 0.639. The summed E-state index contributed by atoms with van der Waals surface area (Å²) in [6, 6.07) is 0. The van der Waals surface area contributed by atoms with E-state index in [1.165, 1.54) is 17.5 Å². The molecule has 2 heterocycles. The Morgan fingerprint density at radius 2 is 2.40 bits per heavy atom. The number of aromatic amines is 3. The number of nitrogens with zero attached hydrogens (tertiary/aromatic N) is 1. The number of amides is 1. The monoisotopic (exact) mass is 275 g/mol. The molecule has 0 radical (unpaired) electrons. The number of carbonyl (C=O) groups is 1. The first kappa shape index (κ1) is 12.7. The minimum Gasteiger partial charge on any atom is -0.356 e. The van der Waals surface area contributed by atoms with E-state index < -0.39 is 0 Å². The number of aromatic nitrogens is 4. The van der Waals surface area contributed by atoms with Crippen LogP contribution in [0.4, 0.5) is 0 Å². The zero-order chi connectivity index (χ0) is 13.9. The van der Waals surface area contributed by atoms with Gasteiger partial charge in [0.05, 0.1) is 12.6 Å². The predicted molar refractivity (Wildman–Crippen MR) is 72.2 cm³/mol. The van der Waals surface area contributed by atoms with E-state index in [4.69, 9.17) is 0 Å². The maximum Gasteiger partial charge on any atom is 0.267 e. The van der Waals surface area contributed by atoms with E-state index in [9.17, 15) is 9.59 Å². The molecule has 0 saturated heterocycles. The Morgan fingerprint density at radius 1 is 1.50 bits per heavy atom. The van der Waals surface area contributed by atoms with Crippen molar-refractivity contribution in [2.45, 2.75) is 25.7 Å². The summed E-state index contributed by atoms with van der Waals surface area (Å²) in [5.41, 5.74) is 2.69. The van der Waals surface area contributed by atoms with Crippen LogP contribution in [-0.2, 0) is 24.1 Å². The van der Waals surface area contributed by atoms with Gasteiger partial charge in [-0.05, 0) is 30.7 Å². The molecule has 1 atom stereocenters. The fourth-order valence-corrected chi connectivity index (χ4v) is 2.61. The van der Waals surface area contributed by atoms with Crippen molar-refractivity contribution in [3.05, 3.63) is 39.6 Å². The van der Waals surface area contributed by atoms with Crippen molar-refractivity contribution < 1.29 is 4.79 Å². The number of aryl methyl sites for hydroxylation is 1. The van der Waals surface area contributed by atoms with Crippen molar-refractivity contribution in [2.24, 2.45) is 5.92 Å². The summed E-state index contributed by atoms with van der Waals surface area (Å²) in [5.74, 6) is 0.307. The number of fused-ring (bicyclic) bond motifs is 1. The van der Waals surface area contributed by atoms with Crippen LogP contribution in [-0.4, -0.2) is 32.8 Å². The number of H-pyrrole nitrogens is 3. The van der Waals surface area contributed by atoms with Gasteiger partial charge < -0.3 is 10.4 Å². The summed E-state index contributed by atoms with van der Waals surface area (Å²) < 4.78 is 0. The Balaban J connectivity index is 1.49. The Kier molecular flexibility index (Phi) is 3.41. The zero-order valence-electron chi connectivity index (χ0n) is 11.0. The average molecular weight is 275 g/mol. The van der Waals surface area contributed by atoms with Crippen LogP contribution in [0.2, 0.25) is 0 Å². The maximum absolute atomic E-state index is 11.8. The van der Waals surface area contributed by atoms with Gasteiger partial charge in [-0.15, -0.1) is 0 Å². The molecule has 0 saturated carbocycles. The van der Waals surface area contributed by atoms with Gasteiger partial charge in [0.1, 0.15) is 0 Å². The fourth-order valence-electron chi connectivity index (χ4n) is 2.61. The minimum atomic E-state index is -0.236. The van der Waals surface area contributed by atoms with Gasteiger partial charge in [-0.25, -0.2) is 0 Å². The number of rotatable bonds is 4. The van der Waals surface area contributed by atoms with Crippen molar-refractivity contribution >= 4 is 5.91 Å². The standard InChI is InChI=1S/C13H17N5O2/c19-12(4-10-7-16-18-13(10)20)14-5-8-1-2-9-6-15-17-11(9)3-8/h6-8H,1-5H2,(H,14,19)(H,15,17)(H2,16,18,20). The van der Waals surface area contributed by atoms with E-state index >= 15 is 0 Å². The van der Waals surface area contributed by atoms with Crippen LogP contribution in [0.3, 0.4) is 0 Å². The third-order valence-electron chi connectivity index (χ3n) is 3.78. The predicted octanol–water partition coefficient (Wildman–Crippen LogP) is -0.110. The normalized spacial score (nSPS) is 17.7. The lowest BCUT2D eigenvalue weighted by molar-refractivity contribution is -0.120. The first-order valence-corrected chi connectivity index (χ1v) is 6.75. The van der Waals surface area contributed by atoms with Gasteiger partial charge in [-0.2, -0.15) is 5.10 Å². The average Bonchev–Trinajstić information content (AvgIpc) is 3.05. The molecule has 1 unspecified atom stereocenters. The van der Waals surface area contributed by atoms with Crippen molar-refractivity contribution in [3.8, 4) is 0 Å². The van der Waals surface area contributed by atoms with Crippen LogP contribution < -0.4 is 10.9 Å². The molecule has 20 heavy (non-hydrogen) atoms. The third-order valence-corrected chi connectivity index (χ3v) is 3.78. The van der Waals surface area contributed by atoms with E-state index in [2.05, 4.69) is 25.7 Å². The van der Waals surface area contributed by atoms with Gasteiger partial charge in [0.25, 0.3) is 5.56 Å². The molecular formula is C13H17N5O2. The Bertz CT molecular complexity index is 654. The lowest BCUT2D eigenvalue weighted by Gasteiger charge is -2.21. The topological polar surface area (TPSA) is 106 Å². The van der Waals surface area contributed by atoms with Gasteiger partial charge in [0.15, 0.2) is 0 Å². The Labute approximate surface area is 115 Å². The summed E-state index contributed by atoms with van der Waals surface area (Å²) in [6.07, 6.45) is 6.49. The highest BCUT2D eigenvalue weighted by Crippen LogP contribution is 2.22. The van der Waals surface area contributed by atoms with Crippen molar-refractivity contribution in [1.82, 2.24) is 25.7 Å². The molecule has 7 nitrogen and oxygen atoms in total. The first-order chi connectivity index (χ1) is 9.72. The summed E-state index contributed by atoms with van der Waals surface area (Å²) in [7, 11) is 0. The van der Waals surface area contributed by atoms with Gasteiger partial charge in [-0.3, -0.25) is 19.8 Å². The second-order valence-electron chi connectivity index (χ2n) is 5.23. The third kappa shape index (κ3) is 2.66. The number of nitrogens with one attached hydrogen (secondary N) is 4. The molecule has 0 fully saturated rings. The molecule has 0 bridgehead atoms. The zero-order valence-corrected chi connectivity index (χ0v) is 11.0. The maximum atomic E-state index is 11.8. The summed E-state index contributed by atoms with van der Waals surface area (Å²) >= 11 is 0. The van der Waals surface area contributed by atoms with Gasteiger partial charge in [-0.1, -0.05) is 0 Å². The largest absolute Gasteiger partial charge is 0.356 e. The van der Waals surface area contributed by atoms with Crippen LogP contribution >= 0.6 is 0 Å². The summed E-state index contributed by atoms with van der Waals surface area (Å²) in [5, 5.41) is 15.0. The molecule has 0 aliphatic heterocycles. The quantitative estimate of drug-likeness (QED) is 0.625. The molecule has 2 aromatic heterocycles. The molecule has 0 spiro atoms. The molecule has 1 amide bonds. The Morgan fingerprint density at radius 3 is 3.20 bits per heavy atom. The van der Waals surface area contributed by atoms with Crippen molar-refractivity contribution in [3.63, 3.8) is 0 Å². The van der Waals surface area contributed by atoms with Gasteiger partial charge in [0.2, 0.25) is 5.91 Å². The van der Waals surface area contributed by atoms with Crippen molar-refractivity contribution in [1.29, 1.82) is 0 Å². The number of hydrogen-bond donors (Lipinski definition) is 4. The Hall–Kier alpha value is -2.31. The molecule has 0 aromatic carbocycles. The van der Waals surface area contributed by atoms with Crippen LogP contribution in [0.1, 0.15) is 23.2 Å². The van der Waals surface area contributed by atoms with E-state index in [0.29, 0.717) is 18.0 Å². The highest BCUT2D eigenvalue weighted by molar-refractivity contribution is 5.78. The lowest BCUT2D eigenvalue weighted by atomic mass is 9.88. The highest BCUT2D eigenvalue weighted by Gasteiger charge is 2.20. The van der Waals surface area contributed by atoms with Crippen LogP contribution in [0.25, 0.3) is 0 Å². The van der Waals surface area contributed by atoms with Crippen molar-refractivity contribution in [2.75, 3.05) is 6.54 Å². The number of hydrogen-bond acceptors (Lipinski definition) is 3. The van der Waals surface area contributed by atoms with Gasteiger partial charge in [0, 0.05) is 24.0 Å². The van der Waals surface area contributed by atoms with Gasteiger partial charge >= 0.3 is 0 Å². The second-order valence-corrected chi connectivity index (χ2v) is 5.23. The number of carbonyl (C=O) groups excluding carboxylic acids is 1. The SMILES string of the molecule is O=C(Cc1c[nH][nH]c1=O)NCC1CCc2cn[nH]c2C1. The summed E-state index contributed by atoms with van der Waals surface area (Å²) in [4.78, 5) is 23.1. The second kappa shape index (κ2) is 5.36. The lowest BCUT2D eigenvalue weighted by Crippen LogP contribution is -2.33. The van der Waals surface area contributed by atoms with E-state index in [1.807, 2.05) is 6.20 Å².